The lowest BCUT2D eigenvalue weighted by Gasteiger charge is -2.21. The number of rotatable bonds is 1. The standard InChI is InChI=1S/C10H10BrN3O/c1-10(12-2)7-5-6(11)3-4-8(7)13-9(10)14-15/h3-5,15H,2H2,1H3,(H,13,14). The summed E-state index contributed by atoms with van der Waals surface area (Å²) in [4.78, 5) is 8.27. The first-order valence-electron chi connectivity index (χ1n) is 4.39. The van der Waals surface area contributed by atoms with Crippen molar-refractivity contribution in [2.45, 2.75) is 12.5 Å². The Morgan fingerprint density at radius 1 is 1.60 bits per heavy atom. The van der Waals surface area contributed by atoms with Gasteiger partial charge in [0.25, 0.3) is 0 Å². The summed E-state index contributed by atoms with van der Waals surface area (Å²) in [5.74, 6) is 0.394. The molecular weight excluding hydrogens is 258 g/mol. The van der Waals surface area contributed by atoms with Crippen LogP contribution in [0.2, 0.25) is 0 Å². The molecule has 2 rings (SSSR count). The van der Waals surface area contributed by atoms with Gasteiger partial charge in [-0.15, -0.1) is 0 Å². The van der Waals surface area contributed by atoms with Crippen molar-refractivity contribution in [2.24, 2.45) is 9.98 Å². The average molecular weight is 268 g/mol. The second-order valence-electron chi connectivity index (χ2n) is 3.46. The van der Waals surface area contributed by atoms with Gasteiger partial charge in [0.05, 0.1) is 5.69 Å². The largest absolute Gasteiger partial charge is 0.290 e. The molecule has 1 heterocycles. The summed E-state index contributed by atoms with van der Waals surface area (Å²) >= 11 is 3.39. The van der Waals surface area contributed by atoms with Crippen molar-refractivity contribution in [1.82, 2.24) is 5.48 Å². The zero-order chi connectivity index (χ0) is 11.1. The number of hydrogen-bond donors (Lipinski definition) is 2. The van der Waals surface area contributed by atoms with E-state index in [2.05, 4.69) is 38.1 Å². The molecule has 1 aromatic rings. The molecule has 1 aliphatic rings. The van der Waals surface area contributed by atoms with E-state index < -0.39 is 5.54 Å². The van der Waals surface area contributed by atoms with Crippen LogP contribution in [0, 0.1) is 0 Å². The Bertz CT molecular complexity index is 458. The molecule has 0 aromatic heterocycles. The van der Waals surface area contributed by atoms with Gasteiger partial charge in [-0.2, -0.15) is 0 Å². The SMILES string of the molecule is C=NC1(C)C(NO)=Nc2ccc(Br)cc21. The van der Waals surface area contributed by atoms with Crippen molar-refractivity contribution in [3.63, 3.8) is 0 Å². The zero-order valence-corrected chi connectivity index (χ0v) is 9.74. The lowest BCUT2D eigenvalue weighted by atomic mass is 9.93. The van der Waals surface area contributed by atoms with Gasteiger partial charge in [0, 0.05) is 10.0 Å². The Balaban J connectivity index is 2.64. The molecule has 78 valence electrons. The first kappa shape index (κ1) is 10.3. The molecule has 0 fully saturated rings. The number of halogens is 1. The normalized spacial score (nSPS) is 23.3. The fourth-order valence-electron chi connectivity index (χ4n) is 1.65. The van der Waals surface area contributed by atoms with Crippen LogP contribution in [0.25, 0.3) is 0 Å². The number of nitrogens with zero attached hydrogens (tertiary/aromatic N) is 2. The van der Waals surface area contributed by atoms with Gasteiger partial charge in [0.1, 0.15) is 5.54 Å². The van der Waals surface area contributed by atoms with E-state index in [-0.39, 0.29) is 0 Å². The lowest BCUT2D eigenvalue weighted by molar-refractivity contribution is 0.226. The lowest BCUT2D eigenvalue weighted by Crippen LogP contribution is -2.36. The predicted octanol–water partition coefficient (Wildman–Crippen LogP) is 2.39. The quantitative estimate of drug-likeness (QED) is 0.607. The topological polar surface area (TPSA) is 57.0 Å². The molecule has 0 radical (unpaired) electrons. The summed E-state index contributed by atoms with van der Waals surface area (Å²) in [6, 6.07) is 5.69. The molecule has 0 aliphatic carbocycles. The van der Waals surface area contributed by atoms with Crippen LogP contribution in [0.3, 0.4) is 0 Å². The molecule has 0 saturated heterocycles. The maximum Gasteiger partial charge on any atom is 0.158 e. The number of benzene rings is 1. The van der Waals surface area contributed by atoms with Crippen molar-refractivity contribution >= 4 is 34.2 Å². The van der Waals surface area contributed by atoms with Gasteiger partial charge in [-0.05, 0) is 31.8 Å². The second-order valence-corrected chi connectivity index (χ2v) is 4.38. The second kappa shape index (κ2) is 3.43. The molecular formula is C10H10BrN3O. The highest BCUT2D eigenvalue weighted by Gasteiger charge is 2.38. The van der Waals surface area contributed by atoms with Crippen LogP contribution in [-0.4, -0.2) is 17.8 Å². The van der Waals surface area contributed by atoms with E-state index in [1.165, 1.54) is 0 Å². The van der Waals surface area contributed by atoms with Crippen molar-refractivity contribution in [2.75, 3.05) is 0 Å². The average Bonchev–Trinajstić information content (AvgIpc) is 2.53. The molecule has 0 bridgehead atoms. The van der Waals surface area contributed by atoms with Gasteiger partial charge in [-0.3, -0.25) is 15.7 Å². The molecule has 0 amide bonds. The van der Waals surface area contributed by atoms with Crippen LogP contribution in [0.1, 0.15) is 12.5 Å². The van der Waals surface area contributed by atoms with Crippen LogP contribution >= 0.6 is 15.9 Å². The smallest absolute Gasteiger partial charge is 0.158 e. The number of hydrogen-bond acceptors (Lipinski definition) is 4. The van der Waals surface area contributed by atoms with E-state index in [0.29, 0.717) is 5.84 Å². The van der Waals surface area contributed by atoms with Crippen molar-refractivity contribution in [3.05, 3.63) is 28.2 Å². The number of fused-ring (bicyclic) bond motifs is 1. The molecule has 1 unspecified atom stereocenters. The van der Waals surface area contributed by atoms with Crippen molar-refractivity contribution in [1.29, 1.82) is 0 Å². The molecule has 1 aromatic carbocycles. The van der Waals surface area contributed by atoms with E-state index in [9.17, 15) is 0 Å². The highest BCUT2D eigenvalue weighted by Crippen LogP contribution is 2.41. The van der Waals surface area contributed by atoms with Crippen LogP contribution in [0.15, 0.2) is 32.7 Å². The third-order valence-electron chi connectivity index (χ3n) is 2.60. The first-order chi connectivity index (χ1) is 7.11. The molecule has 2 N–H and O–H groups in total. The van der Waals surface area contributed by atoms with Gasteiger partial charge < -0.3 is 0 Å². The minimum Gasteiger partial charge on any atom is -0.290 e. The number of amidine groups is 1. The monoisotopic (exact) mass is 267 g/mol. The first-order valence-corrected chi connectivity index (χ1v) is 5.18. The van der Waals surface area contributed by atoms with Crippen molar-refractivity contribution in [3.8, 4) is 0 Å². The Hall–Kier alpha value is -1.20. The zero-order valence-electron chi connectivity index (χ0n) is 8.16. The molecule has 1 atom stereocenters. The van der Waals surface area contributed by atoms with E-state index in [0.717, 1.165) is 15.7 Å². The summed E-state index contributed by atoms with van der Waals surface area (Å²) in [7, 11) is 0. The fraction of sp³-hybridized carbons (Fsp3) is 0.200. The molecule has 4 nitrogen and oxygen atoms in total. The van der Waals surface area contributed by atoms with Gasteiger partial charge in [-0.1, -0.05) is 15.9 Å². The number of nitrogens with one attached hydrogen (secondary N) is 1. The minimum absolute atomic E-state index is 0.394. The molecule has 0 saturated carbocycles. The summed E-state index contributed by atoms with van der Waals surface area (Å²) in [6.07, 6.45) is 0. The Morgan fingerprint density at radius 3 is 2.93 bits per heavy atom. The third kappa shape index (κ3) is 1.39. The summed E-state index contributed by atoms with van der Waals surface area (Å²) < 4.78 is 0.950. The van der Waals surface area contributed by atoms with Crippen LogP contribution in [0.5, 0.6) is 0 Å². The molecule has 15 heavy (non-hydrogen) atoms. The van der Waals surface area contributed by atoms with E-state index in [1.807, 2.05) is 25.1 Å². The third-order valence-corrected chi connectivity index (χ3v) is 3.09. The van der Waals surface area contributed by atoms with Crippen LogP contribution < -0.4 is 5.48 Å². The van der Waals surface area contributed by atoms with Crippen LogP contribution in [-0.2, 0) is 5.54 Å². The predicted molar refractivity (Wildman–Crippen MR) is 63.1 cm³/mol. The summed E-state index contributed by atoms with van der Waals surface area (Å²) in [5, 5.41) is 8.99. The van der Waals surface area contributed by atoms with E-state index in [4.69, 9.17) is 5.21 Å². The molecule has 1 aliphatic heterocycles. The van der Waals surface area contributed by atoms with E-state index in [1.54, 1.807) is 0 Å². The Morgan fingerprint density at radius 2 is 2.33 bits per heavy atom. The van der Waals surface area contributed by atoms with Gasteiger partial charge in [-0.25, -0.2) is 4.99 Å². The maximum atomic E-state index is 8.99. The van der Waals surface area contributed by atoms with E-state index >= 15 is 0 Å². The highest BCUT2D eigenvalue weighted by molar-refractivity contribution is 9.10. The summed E-state index contributed by atoms with van der Waals surface area (Å²) in [5.41, 5.74) is 3.09. The number of aliphatic imine (C=N–C) groups is 2. The maximum absolute atomic E-state index is 8.99. The molecule has 5 heteroatoms. The highest BCUT2D eigenvalue weighted by atomic mass is 79.9. The fourth-order valence-corrected chi connectivity index (χ4v) is 2.01. The number of hydroxylamine groups is 1. The van der Waals surface area contributed by atoms with Gasteiger partial charge >= 0.3 is 0 Å². The Kier molecular flexibility index (Phi) is 2.36. The Labute approximate surface area is 95.8 Å². The summed E-state index contributed by atoms with van der Waals surface area (Å²) in [6.45, 7) is 5.39. The van der Waals surface area contributed by atoms with Crippen molar-refractivity contribution < 1.29 is 5.21 Å². The molecule has 0 spiro atoms. The van der Waals surface area contributed by atoms with Gasteiger partial charge in [0.2, 0.25) is 0 Å². The van der Waals surface area contributed by atoms with Gasteiger partial charge in [0.15, 0.2) is 5.84 Å². The van der Waals surface area contributed by atoms with Crippen LogP contribution in [0.4, 0.5) is 5.69 Å². The minimum atomic E-state index is -0.701.